The highest BCUT2D eigenvalue weighted by atomic mass is 32.1. The lowest BCUT2D eigenvalue weighted by Gasteiger charge is -2.18. The Morgan fingerprint density at radius 3 is 1.40 bits per heavy atom. The summed E-state index contributed by atoms with van der Waals surface area (Å²) in [5.41, 5.74) is 9.22. The molecule has 0 amide bonds. The molecule has 0 aliphatic rings. The zero-order valence-electron chi connectivity index (χ0n) is 30.5. The Morgan fingerprint density at radius 1 is 0.281 bits per heavy atom. The number of fused-ring (bicyclic) bond motifs is 13. The van der Waals surface area contributed by atoms with Gasteiger partial charge in [0, 0.05) is 51.1 Å². The van der Waals surface area contributed by atoms with Gasteiger partial charge < -0.3 is 4.42 Å². The topological polar surface area (TPSA) is 13.1 Å². The van der Waals surface area contributed by atoms with E-state index < -0.39 is 0 Å². The summed E-state index contributed by atoms with van der Waals surface area (Å²) in [5.74, 6) is 0. The molecule has 3 heterocycles. The fraction of sp³-hybridized carbons (Fsp3) is 0. The van der Waals surface area contributed by atoms with E-state index in [2.05, 4.69) is 182 Å². The summed E-state index contributed by atoms with van der Waals surface area (Å²) < 4.78 is 12.0. The molecule has 0 saturated carbocycles. The first kappa shape index (κ1) is 31.4. The maximum absolute atomic E-state index is 6.73. The summed E-state index contributed by atoms with van der Waals surface area (Å²) in [6, 6.07) is 67.2. The van der Waals surface area contributed by atoms with Crippen molar-refractivity contribution < 1.29 is 4.42 Å². The molecule has 0 atom stereocenters. The molecule has 1 nitrogen and oxygen atoms in total. The van der Waals surface area contributed by atoms with E-state index in [1.165, 1.54) is 117 Å². The van der Waals surface area contributed by atoms with Crippen LogP contribution in [0.25, 0.3) is 128 Å². The summed E-state index contributed by atoms with van der Waals surface area (Å²) in [7, 11) is 0. The number of rotatable bonds is 3. The number of hydrogen-bond donors (Lipinski definition) is 0. The Balaban J connectivity index is 0.984. The van der Waals surface area contributed by atoms with Crippen LogP contribution in [0.5, 0.6) is 0 Å². The van der Waals surface area contributed by atoms with Crippen LogP contribution in [0, 0.1) is 0 Å². The highest BCUT2D eigenvalue weighted by molar-refractivity contribution is 7.26. The van der Waals surface area contributed by atoms with Gasteiger partial charge in [-0.05, 0) is 108 Å². The first-order chi connectivity index (χ1) is 28.2. The van der Waals surface area contributed by atoms with Crippen molar-refractivity contribution in [3.8, 4) is 33.4 Å². The minimum atomic E-state index is 0.922. The van der Waals surface area contributed by atoms with E-state index in [0.29, 0.717) is 0 Å². The van der Waals surface area contributed by atoms with E-state index in [4.69, 9.17) is 4.42 Å². The molecular formula is C54H30OS2. The predicted octanol–water partition coefficient (Wildman–Crippen LogP) is 16.8. The van der Waals surface area contributed by atoms with Gasteiger partial charge in [0.1, 0.15) is 11.2 Å². The molecule has 0 N–H and O–H groups in total. The number of benzene rings is 10. The zero-order valence-corrected chi connectivity index (χ0v) is 32.2. The molecule has 0 radical (unpaired) electrons. The second-order valence-electron chi connectivity index (χ2n) is 15.1. The van der Waals surface area contributed by atoms with Crippen molar-refractivity contribution in [1.29, 1.82) is 0 Å². The molecule has 264 valence electrons. The summed E-state index contributed by atoms with van der Waals surface area (Å²) in [6.45, 7) is 0. The quantitative estimate of drug-likeness (QED) is 0.164. The normalized spacial score (nSPS) is 12.2. The van der Waals surface area contributed by atoms with E-state index in [1.807, 2.05) is 22.7 Å². The minimum absolute atomic E-state index is 0.922. The van der Waals surface area contributed by atoms with Crippen LogP contribution in [0.15, 0.2) is 186 Å². The highest BCUT2D eigenvalue weighted by Gasteiger charge is 2.20. The van der Waals surface area contributed by atoms with Crippen molar-refractivity contribution in [1.82, 2.24) is 0 Å². The van der Waals surface area contributed by atoms with E-state index in [-0.39, 0.29) is 0 Å². The fourth-order valence-electron chi connectivity index (χ4n) is 9.55. The lowest BCUT2D eigenvalue weighted by atomic mass is 9.85. The van der Waals surface area contributed by atoms with Crippen LogP contribution in [0.3, 0.4) is 0 Å². The Hall–Kier alpha value is -6.78. The van der Waals surface area contributed by atoms with Gasteiger partial charge in [0.15, 0.2) is 0 Å². The van der Waals surface area contributed by atoms with E-state index in [1.54, 1.807) is 0 Å². The predicted molar refractivity (Wildman–Crippen MR) is 248 cm³/mol. The van der Waals surface area contributed by atoms with E-state index in [0.717, 1.165) is 11.2 Å². The van der Waals surface area contributed by atoms with Gasteiger partial charge in [0.25, 0.3) is 0 Å². The van der Waals surface area contributed by atoms with Crippen LogP contribution < -0.4 is 0 Å². The van der Waals surface area contributed by atoms with Crippen molar-refractivity contribution in [2.24, 2.45) is 0 Å². The zero-order chi connectivity index (χ0) is 37.2. The maximum atomic E-state index is 6.73. The van der Waals surface area contributed by atoms with Crippen LogP contribution >= 0.6 is 22.7 Å². The Labute approximate surface area is 335 Å². The van der Waals surface area contributed by atoms with Crippen molar-refractivity contribution in [3.63, 3.8) is 0 Å². The average molecular weight is 759 g/mol. The van der Waals surface area contributed by atoms with E-state index in [9.17, 15) is 0 Å². The van der Waals surface area contributed by atoms with Gasteiger partial charge >= 0.3 is 0 Å². The second kappa shape index (κ2) is 11.9. The first-order valence-corrected chi connectivity index (χ1v) is 21.0. The van der Waals surface area contributed by atoms with Gasteiger partial charge in [-0.2, -0.15) is 0 Å². The summed E-state index contributed by atoms with van der Waals surface area (Å²) in [4.78, 5) is 0. The average Bonchev–Trinajstić information content (AvgIpc) is 3.95. The maximum Gasteiger partial charge on any atom is 0.136 e. The third kappa shape index (κ3) is 4.56. The largest absolute Gasteiger partial charge is 0.456 e. The lowest BCUT2D eigenvalue weighted by Crippen LogP contribution is -1.91. The molecule has 3 heteroatoms. The van der Waals surface area contributed by atoms with Crippen LogP contribution in [0.1, 0.15) is 0 Å². The summed E-state index contributed by atoms with van der Waals surface area (Å²) in [5, 5.41) is 15.0. The van der Waals surface area contributed by atoms with E-state index >= 15 is 0 Å². The molecule has 0 unspecified atom stereocenters. The lowest BCUT2D eigenvalue weighted by molar-refractivity contribution is 0.670. The van der Waals surface area contributed by atoms with Crippen molar-refractivity contribution in [3.05, 3.63) is 182 Å². The highest BCUT2D eigenvalue weighted by Crippen LogP contribution is 2.47. The van der Waals surface area contributed by atoms with Crippen LogP contribution in [-0.2, 0) is 0 Å². The monoisotopic (exact) mass is 758 g/mol. The molecular weight excluding hydrogens is 729 g/mol. The molecule has 0 saturated heterocycles. The molecule has 3 aromatic heterocycles. The molecule has 0 aliphatic heterocycles. The molecule has 13 aromatic rings. The number of furan rings is 1. The van der Waals surface area contributed by atoms with Gasteiger partial charge in [-0.3, -0.25) is 0 Å². The minimum Gasteiger partial charge on any atom is -0.456 e. The Bertz CT molecular complexity index is 3750. The van der Waals surface area contributed by atoms with Gasteiger partial charge in [0.2, 0.25) is 0 Å². The molecule has 57 heavy (non-hydrogen) atoms. The van der Waals surface area contributed by atoms with Crippen LogP contribution in [0.2, 0.25) is 0 Å². The summed E-state index contributed by atoms with van der Waals surface area (Å²) in [6.07, 6.45) is 0. The smallest absolute Gasteiger partial charge is 0.136 e. The fourth-order valence-corrected chi connectivity index (χ4v) is 11.8. The van der Waals surface area contributed by atoms with Crippen LogP contribution in [0.4, 0.5) is 0 Å². The van der Waals surface area contributed by atoms with Gasteiger partial charge in [-0.25, -0.2) is 0 Å². The van der Waals surface area contributed by atoms with Crippen molar-refractivity contribution in [2.75, 3.05) is 0 Å². The Morgan fingerprint density at radius 2 is 0.754 bits per heavy atom. The molecule has 0 bridgehead atoms. The van der Waals surface area contributed by atoms with Crippen molar-refractivity contribution in [2.45, 2.75) is 0 Å². The number of hydrogen-bond acceptors (Lipinski definition) is 3. The molecule has 13 rings (SSSR count). The number of thiophene rings is 2. The first-order valence-electron chi connectivity index (χ1n) is 19.4. The Kier molecular flexibility index (Phi) is 6.54. The van der Waals surface area contributed by atoms with Crippen molar-refractivity contribution >= 4 is 117 Å². The summed E-state index contributed by atoms with van der Waals surface area (Å²) >= 11 is 3.72. The standard InChI is InChI=1S/C54H30OS2/c1-2-14-37-34(11-1)42(28-47-54(37)45-30-51-44(29-46(45)55-47)36-13-8-10-20-49(36)57-51)31-21-23-32(24-22-31)52-38-15-3-5-17-40(38)53(41-18-6-4-16-39(41)52)33-25-26-50-43(27-33)35-12-7-9-19-48(35)56-50/h1-30H. The molecule has 0 aliphatic carbocycles. The SMILES string of the molecule is c1ccc2c(c1)sc1ccc(-c3c4ccccc4c(-c4ccc(-c5cc6oc7cc8c(cc7c6c6ccccc56)sc5ccccc58)cc4)c4ccccc34)cc12. The van der Waals surface area contributed by atoms with Gasteiger partial charge in [0.05, 0.1) is 0 Å². The van der Waals surface area contributed by atoms with Gasteiger partial charge in [-0.15, -0.1) is 22.7 Å². The second-order valence-corrected chi connectivity index (χ2v) is 17.3. The molecule has 10 aromatic carbocycles. The third-order valence-electron chi connectivity index (χ3n) is 12.1. The third-order valence-corrected chi connectivity index (χ3v) is 14.3. The molecule has 0 spiro atoms. The molecule has 0 fully saturated rings. The van der Waals surface area contributed by atoms with Gasteiger partial charge in [-0.1, -0.05) is 140 Å². The van der Waals surface area contributed by atoms with Crippen LogP contribution in [-0.4, -0.2) is 0 Å².